The second-order valence-corrected chi connectivity index (χ2v) is 4.74. The molecule has 6 nitrogen and oxygen atoms in total. The molecule has 0 aromatic carbocycles. The van der Waals surface area contributed by atoms with Crippen LogP contribution >= 0.6 is 23.2 Å². The van der Waals surface area contributed by atoms with Crippen LogP contribution in [0.5, 0.6) is 0 Å². The number of hydrogen-bond donors (Lipinski definition) is 2. The number of nitrogens with zero attached hydrogens (tertiary/aromatic N) is 1. The maximum absolute atomic E-state index is 11.9. The molecule has 100 valence electrons. The Morgan fingerprint density at radius 2 is 2.11 bits per heavy atom. The highest BCUT2D eigenvalue weighted by Gasteiger charge is 2.28. The first-order valence-corrected chi connectivity index (χ1v) is 6.19. The highest BCUT2D eigenvalue weighted by Crippen LogP contribution is 2.17. The summed E-state index contributed by atoms with van der Waals surface area (Å²) in [6, 6.07) is 2.12. The van der Waals surface area contributed by atoms with Gasteiger partial charge in [0.05, 0.1) is 5.02 Å². The van der Waals surface area contributed by atoms with Crippen LogP contribution < -0.4 is 10.6 Å². The van der Waals surface area contributed by atoms with Gasteiger partial charge in [0, 0.05) is 6.42 Å². The Morgan fingerprint density at radius 1 is 1.37 bits per heavy atom. The van der Waals surface area contributed by atoms with Crippen molar-refractivity contribution >= 4 is 40.9 Å². The number of carbonyl (C=O) groups excluding carboxylic acids is 3. The number of amides is 3. The zero-order chi connectivity index (χ0) is 14.0. The van der Waals surface area contributed by atoms with Crippen LogP contribution in [-0.4, -0.2) is 28.7 Å². The molecule has 1 atom stereocenters. The van der Waals surface area contributed by atoms with Crippen molar-refractivity contribution in [2.75, 3.05) is 0 Å². The van der Waals surface area contributed by atoms with E-state index in [-0.39, 0.29) is 34.6 Å². The minimum absolute atomic E-state index is 0.0566. The minimum atomic E-state index is -0.776. The van der Waals surface area contributed by atoms with Gasteiger partial charge in [-0.1, -0.05) is 23.2 Å². The molecule has 2 heterocycles. The molecule has 0 saturated carbocycles. The van der Waals surface area contributed by atoms with Crippen molar-refractivity contribution in [3.63, 3.8) is 0 Å². The number of piperidine rings is 1. The zero-order valence-electron chi connectivity index (χ0n) is 9.57. The molecule has 2 rings (SSSR count). The minimum Gasteiger partial charge on any atom is -0.339 e. The number of hydrogen-bond acceptors (Lipinski definition) is 4. The van der Waals surface area contributed by atoms with Crippen LogP contribution in [0.3, 0.4) is 0 Å². The molecular formula is C11H9Cl2N3O3. The van der Waals surface area contributed by atoms with Crippen molar-refractivity contribution in [1.82, 2.24) is 15.6 Å². The normalized spacial score (nSPS) is 18.9. The Bertz CT molecular complexity index is 562. The third-order valence-electron chi connectivity index (χ3n) is 2.57. The first-order chi connectivity index (χ1) is 8.97. The molecular weight excluding hydrogens is 293 g/mol. The summed E-state index contributed by atoms with van der Waals surface area (Å²) in [7, 11) is 0. The van der Waals surface area contributed by atoms with E-state index in [4.69, 9.17) is 23.2 Å². The fraction of sp³-hybridized carbons (Fsp3) is 0.273. The molecule has 3 amide bonds. The number of halogens is 2. The molecule has 1 aliphatic heterocycles. The summed E-state index contributed by atoms with van der Waals surface area (Å²) in [5, 5.41) is 4.86. The molecule has 1 aliphatic rings. The number of imide groups is 1. The van der Waals surface area contributed by atoms with Gasteiger partial charge in [-0.3, -0.25) is 19.7 Å². The Kier molecular flexibility index (Phi) is 4.01. The van der Waals surface area contributed by atoms with E-state index in [1.807, 2.05) is 0 Å². The van der Waals surface area contributed by atoms with E-state index in [9.17, 15) is 14.4 Å². The van der Waals surface area contributed by atoms with Crippen LogP contribution in [0.2, 0.25) is 10.2 Å². The summed E-state index contributed by atoms with van der Waals surface area (Å²) in [6.45, 7) is 0. The van der Waals surface area contributed by atoms with Crippen LogP contribution in [-0.2, 0) is 9.59 Å². The van der Waals surface area contributed by atoms with Crippen molar-refractivity contribution in [3.8, 4) is 0 Å². The van der Waals surface area contributed by atoms with E-state index in [0.29, 0.717) is 0 Å². The van der Waals surface area contributed by atoms with Gasteiger partial charge in [-0.05, 0) is 18.6 Å². The highest BCUT2D eigenvalue weighted by atomic mass is 35.5. The lowest BCUT2D eigenvalue weighted by Crippen LogP contribution is -2.52. The number of nitrogens with one attached hydrogen (secondary N) is 2. The van der Waals surface area contributed by atoms with Crippen molar-refractivity contribution in [2.45, 2.75) is 18.9 Å². The second kappa shape index (κ2) is 5.54. The zero-order valence-corrected chi connectivity index (χ0v) is 11.1. The molecule has 1 fully saturated rings. The number of aromatic nitrogens is 1. The van der Waals surface area contributed by atoms with Crippen molar-refractivity contribution in [3.05, 3.63) is 28.0 Å². The third kappa shape index (κ3) is 3.21. The smallest absolute Gasteiger partial charge is 0.272 e. The average Bonchev–Trinajstić information content (AvgIpc) is 2.35. The second-order valence-electron chi connectivity index (χ2n) is 3.94. The predicted octanol–water partition coefficient (Wildman–Crippen LogP) is 0.923. The van der Waals surface area contributed by atoms with Gasteiger partial charge in [0.15, 0.2) is 0 Å². The molecule has 2 N–H and O–H groups in total. The lowest BCUT2D eigenvalue weighted by atomic mass is 10.1. The monoisotopic (exact) mass is 301 g/mol. The van der Waals surface area contributed by atoms with Gasteiger partial charge in [0.1, 0.15) is 16.9 Å². The molecule has 1 aromatic heterocycles. The summed E-state index contributed by atoms with van der Waals surface area (Å²) in [5.74, 6) is -1.50. The average molecular weight is 302 g/mol. The van der Waals surface area contributed by atoms with Gasteiger partial charge in [-0.15, -0.1) is 0 Å². The highest BCUT2D eigenvalue weighted by molar-refractivity contribution is 6.34. The SMILES string of the molecule is O=C1CCC(NC(=O)c2nc(Cl)ccc2Cl)C(=O)N1. The maximum Gasteiger partial charge on any atom is 0.272 e. The Labute approximate surface area is 118 Å². The molecule has 0 spiro atoms. The number of rotatable bonds is 2. The summed E-state index contributed by atoms with van der Waals surface area (Å²) in [6.07, 6.45) is 0.419. The van der Waals surface area contributed by atoms with E-state index in [2.05, 4.69) is 15.6 Å². The topological polar surface area (TPSA) is 88.2 Å². The van der Waals surface area contributed by atoms with Gasteiger partial charge in [0.25, 0.3) is 5.91 Å². The number of carbonyl (C=O) groups is 3. The van der Waals surface area contributed by atoms with E-state index in [0.717, 1.165) is 0 Å². The van der Waals surface area contributed by atoms with Crippen LogP contribution in [0.25, 0.3) is 0 Å². The molecule has 1 unspecified atom stereocenters. The predicted molar refractivity (Wildman–Crippen MR) is 67.9 cm³/mol. The van der Waals surface area contributed by atoms with Crippen molar-refractivity contribution < 1.29 is 14.4 Å². The van der Waals surface area contributed by atoms with Crippen molar-refractivity contribution in [2.24, 2.45) is 0 Å². The summed E-state index contributed by atoms with van der Waals surface area (Å²) in [5.41, 5.74) is -0.0566. The Balaban J connectivity index is 2.11. The van der Waals surface area contributed by atoms with Crippen LogP contribution in [0.1, 0.15) is 23.3 Å². The lowest BCUT2D eigenvalue weighted by Gasteiger charge is -2.21. The first kappa shape index (κ1) is 13.8. The van der Waals surface area contributed by atoms with Gasteiger partial charge in [-0.2, -0.15) is 0 Å². The quantitative estimate of drug-likeness (QED) is 0.628. The molecule has 1 saturated heterocycles. The van der Waals surface area contributed by atoms with Gasteiger partial charge >= 0.3 is 0 Å². The summed E-state index contributed by atoms with van der Waals surface area (Å²) >= 11 is 11.5. The fourth-order valence-corrected chi connectivity index (χ4v) is 1.97. The Morgan fingerprint density at radius 3 is 2.79 bits per heavy atom. The lowest BCUT2D eigenvalue weighted by molar-refractivity contribution is -0.134. The molecule has 0 radical (unpaired) electrons. The van der Waals surface area contributed by atoms with E-state index >= 15 is 0 Å². The fourth-order valence-electron chi connectivity index (χ4n) is 1.64. The first-order valence-electron chi connectivity index (χ1n) is 5.44. The van der Waals surface area contributed by atoms with E-state index in [1.54, 1.807) is 0 Å². The van der Waals surface area contributed by atoms with Crippen molar-refractivity contribution in [1.29, 1.82) is 0 Å². The Hall–Kier alpha value is -1.66. The third-order valence-corrected chi connectivity index (χ3v) is 3.09. The van der Waals surface area contributed by atoms with Crippen LogP contribution in [0, 0.1) is 0 Å². The maximum atomic E-state index is 11.9. The van der Waals surface area contributed by atoms with Gasteiger partial charge < -0.3 is 5.32 Å². The molecule has 1 aromatic rings. The largest absolute Gasteiger partial charge is 0.339 e. The molecule has 19 heavy (non-hydrogen) atoms. The van der Waals surface area contributed by atoms with Crippen LogP contribution in [0.4, 0.5) is 0 Å². The van der Waals surface area contributed by atoms with Gasteiger partial charge in [0.2, 0.25) is 11.8 Å². The molecule has 0 aliphatic carbocycles. The van der Waals surface area contributed by atoms with E-state index < -0.39 is 17.9 Å². The standard InChI is InChI=1S/C11H9Cl2N3O3/c12-5-1-3-7(13)15-9(5)11(19)14-6-2-4-8(17)16-10(6)18/h1,3,6H,2,4H2,(H,14,19)(H,16,17,18). The van der Waals surface area contributed by atoms with E-state index in [1.165, 1.54) is 12.1 Å². The van der Waals surface area contributed by atoms with Crippen LogP contribution in [0.15, 0.2) is 12.1 Å². The summed E-state index contributed by atoms with van der Waals surface area (Å²) < 4.78 is 0. The molecule has 8 heteroatoms. The molecule has 0 bridgehead atoms. The summed E-state index contributed by atoms with van der Waals surface area (Å²) in [4.78, 5) is 38.2. The number of pyridine rings is 1. The van der Waals surface area contributed by atoms with Gasteiger partial charge in [-0.25, -0.2) is 4.98 Å².